The largest absolute Gasteiger partial charge is 0.378 e. The van der Waals surface area contributed by atoms with Gasteiger partial charge in [-0.3, -0.25) is 4.79 Å². The number of morpholine rings is 1. The molecule has 0 spiro atoms. The van der Waals surface area contributed by atoms with Crippen LogP contribution in [0.5, 0.6) is 0 Å². The fourth-order valence-electron chi connectivity index (χ4n) is 2.80. The number of anilines is 2. The van der Waals surface area contributed by atoms with Gasteiger partial charge in [-0.15, -0.1) is 0 Å². The first kappa shape index (κ1) is 18.1. The number of rotatable bonds is 4. The lowest BCUT2D eigenvalue weighted by molar-refractivity contribution is -0.112. The number of amides is 1. The normalized spacial score (nSPS) is 14.8. The van der Waals surface area contributed by atoms with Crippen LogP contribution < -0.4 is 10.2 Å². The number of aryl methyl sites for hydroxylation is 1. The van der Waals surface area contributed by atoms with Gasteiger partial charge in [-0.2, -0.15) is 5.26 Å². The summed E-state index contributed by atoms with van der Waals surface area (Å²) < 4.78 is 7.22. The lowest BCUT2D eigenvalue weighted by Gasteiger charge is -2.30. The molecule has 7 heteroatoms. The van der Waals surface area contributed by atoms with Crippen LogP contribution in [0.15, 0.2) is 42.1 Å². The summed E-state index contributed by atoms with van der Waals surface area (Å²) in [5.41, 5.74) is 2.25. The van der Waals surface area contributed by atoms with E-state index in [1.807, 2.05) is 42.1 Å². The van der Waals surface area contributed by atoms with E-state index in [9.17, 15) is 10.1 Å². The fraction of sp³-hybridized carbons (Fsp3) is 0.263. The second kappa shape index (κ2) is 8.09. The topological polar surface area (TPSA) is 70.3 Å². The number of hydrogen-bond donors (Lipinski definition) is 1. The summed E-state index contributed by atoms with van der Waals surface area (Å²) in [6.07, 6.45) is 3.42. The average molecular weight is 371 g/mol. The smallest absolute Gasteiger partial charge is 0.266 e. The molecular weight excluding hydrogens is 352 g/mol. The molecule has 0 radical (unpaired) electrons. The summed E-state index contributed by atoms with van der Waals surface area (Å²) in [7, 11) is 1.85. The molecule has 1 aliphatic rings. The van der Waals surface area contributed by atoms with Crippen LogP contribution in [-0.2, 0) is 16.6 Å². The number of halogens is 1. The van der Waals surface area contributed by atoms with Crippen molar-refractivity contribution in [1.82, 2.24) is 4.57 Å². The van der Waals surface area contributed by atoms with Gasteiger partial charge in [0.15, 0.2) is 0 Å². The van der Waals surface area contributed by atoms with Crippen LogP contribution in [0.2, 0.25) is 5.02 Å². The van der Waals surface area contributed by atoms with Gasteiger partial charge >= 0.3 is 0 Å². The first-order valence-electron chi connectivity index (χ1n) is 8.25. The number of nitrogens with one attached hydrogen (secondary N) is 1. The van der Waals surface area contributed by atoms with E-state index in [-0.39, 0.29) is 5.57 Å². The van der Waals surface area contributed by atoms with Gasteiger partial charge in [-0.25, -0.2) is 0 Å². The van der Waals surface area contributed by atoms with E-state index < -0.39 is 5.91 Å². The maximum Gasteiger partial charge on any atom is 0.266 e. The second-order valence-electron chi connectivity index (χ2n) is 5.93. The summed E-state index contributed by atoms with van der Waals surface area (Å²) in [5, 5.41) is 12.7. The minimum atomic E-state index is -0.467. The lowest BCUT2D eigenvalue weighted by Crippen LogP contribution is -2.36. The van der Waals surface area contributed by atoms with E-state index in [2.05, 4.69) is 10.2 Å². The Kier molecular flexibility index (Phi) is 5.61. The van der Waals surface area contributed by atoms with Crippen LogP contribution in [0.3, 0.4) is 0 Å². The Labute approximate surface area is 157 Å². The molecule has 0 unspecified atom stereocenters. The minimum Gasteiger partial charge on any atom is -0.378 e. The van der Waals surface area contributed by atoms with Crippen LogP contribution in [0.1, 0.15) is 5.69 Å². The number of aromatic nitrogens is 1. The van der Waals surface area contributed by atoms with Crippen LogP contribution in [0.4, 0.5) is 11.4 Å². The molecule has 1 fully saturated rings. The molecule has 0 atom stereocenters. The molecule has 2 aromatic rings. The fourth-order valence-corrected chi connectivity index (χ4v) is 2.97. The average Bonchev–Trinajstić information content (AvgIpc) is 3.05. The quantitative estimate of drug-likeness (QED) is 0.663. The van der Waals surface area contributed by atoms with Crippen molar-refractivity contribution in [3.8, 4) is 6.07 Å². The van der Waals surface area contributed by atoms with Crippen LogP contribution >= 0.6 is 11.6 Å². The highest BCUT2D eigenvalue weighted by Crippen LogP contribution is 2.30. The third-order valence-corrected chi connectivity index (χ3v) is 4.43. The molecule has 1 aromatic heterocycles. The molecule has 1 aromatic carbocycles. The van der Waals surface area contributed by atoms with Gasteiger partial charge in [-0.1, -0.05) is 11.6 Å². The maximum absolute atomic E-state index is 12.6. The van der Waals surface area contributed by atoms with Gasteiger partial charge in [0, 0.05) is 37.1 Å². The van der Waals surface area contributed by atoms with Crippen molar-refractivity contribution in [3.05, 3.63) is 52.8 Å². The molecule has 26 heavy (non-hydrogen) atoms. The van der Waals surface area contributed by atoms with Gasteiger partial charge < -0.3 is 19.5 Å². The molecule has 0 aliphatic carbocycles. The molecule has 1 N–H and O–H groups in total. The zero-order valence-corrected chi connectivity index (χ0v) is 15.2. The molecule has 1 saturated heterocycles. The molecule has 0 saturated carbocycles. The predicted octanol–water partition coefficient (Wildman–Crippen LogP) is 3.06. The van der Waals surface area contributed by atoms with Crippen molar-refractivity contribution in [3.63, 3.8) is 0 Å². The summed E-state index contributed by atoms with van der Waals surface area (Å²) >= 11 is 6.11. The van der Waals surface area contributed by atoms with Gasteiger partial charge in [0.05, 0.1) is 24.6 Å². The van der Waals surface area contributed by atoms with Crippen molar-refractivity contribution in [2.75, 3.05) is 36.5 Å². The first-order chi connectivity index (χ1) is 12.6. The highest BCUT2D eigenvalue weighted by atomic mass is 35.5. The van der Waals surface area contributed by atoms with Gasteiger partial charge in [-0.05, 0) is 36.4 Å². The minimum absolute atomic E-state index is 0.0275. The van der Waals surface area contributed by atoms with Crippen molar-refractivity contribution in [2.45, 2.75) is 0 Å². The van der Waals surface area contributed by atoms with Gasteiger partial charge in [0.2, 0.25) is 0 Å². The Hall–Kier alpha value is -2.75. The van der Waals surface area contributed by atoms with E-state index >= 15 is 0 Å². The Balaban J connectivity index is 1.86. The van der Waals surface area contributed by atoms with E-state index in [0.717, 1.165) is 24.5 Å². The first-order valence-corrected chi connectivity index (χ1v) is 8.63. The Bertz CT molecular complexity index is 876. The number of carbonyl (C=O) groups is 1. The van der Waals surface area contributed by atoms with E-state index in [1.54, 1.807) is 18.2 Å². The number of nitrogens with zero attached hydrogens (tertiary/aromatic N) is 3. The van der Waals surface area contributed by atoms with Crippen molar-refractivity contribution >= 4 is 35.0 Å². The van der Waals surface area contributed by atoms with Crippen LogP contribution in [-0.4, -0.2) is 36.8 Å². The monoisotopic (exact) mass is 370 g/mol. The molecule has 6 nitrogen and oxygen atoms in total. The SMILES string of the molecule is Cn1cccc1/C=C(/C#N)C(=O)Nc1cc(Cl)ccc1N1CCOCC1. The summed E-state index contributed by atoms with van der Waals surface area (Å²) in [5.74, 6) is -0.467. The van der Waals surface area contributed by atoms with Gasteiger partial charge in [0.1, 0.15) is 11.6 Å². The molecule has 2 heterocycles. The van der Waals surface area contributed by atoms with Gasteiger partial charge in [0.25, 0.3) is 5.91 Å². The van der Waals surface area contributed by atoms with E-state index in [0.29, 0.717) is 23.9 Å². The van der Waals surface area contributed by atoms with Crippen LogP contribution in [0.25, 0.3) is 6.08 Å². The number of nitriles is 1. The Morgan fingerprint density at radius 3 is 2.77 bits per heavy atom. The molecule has 1 aliphatic heterocycles. The van der Waals surface area contributed by atoms with Crippen molar-refractivity contribution in [2.24, 2.45) is 7.05 Å². The predicted molar refractivity (Wildman–Crippen MR) is 102 cm³/mol. The third kappa shape index (κ3) is 4.07. The van der Waals surface area contributed by atoms with E-state index in [4.69, 9.17) is 16.3 Å². The number of hydrogen-bond acceptors (Lipinski definition) is 4. The highest BCUT2D eigenvalue weighted by Gasteiger charge is 2.18. The number of benzene rings is 1. The Morgan fingerprint density at radius 1 is 1.35 bits per heavy atom. The third-order valence-electron chi connectivity index (χ3n) is 4.20. The standard InChI is InChI=1S/C19H19ClN4O2/c1-23-6-2-3-16(23)11-14(13-21)19(25)22-17-12-15(20)4-5-18(17)24-7-9-26-10-8-24/h2-6,11-12H,7-10H2,1H3,(H,22,25)/b14-11-. The number of carbonyl (C=O) groups excluding carboxylic acids is 1. The molecular formula is C19H19ClN4O2. The summed E-state index contributed by atoms with van der Waals surface area (Å²) in [6.45, 7) is 2.73. The van der Waals surface area contributed by atoms with Crippen molar-refractivity contribution in [1.29, 1.82) is 5.26 Å². The second-order valence-corrected chi connectivity index (χ2v) is 6.37. The molecule has 0 bridgehead atoms. The molecule has 3 rings (SSSR count). The van der Waals surface area contributed by atoms with Crippen molar-refractivity contribution < 1.29 is 9.53 Å². The zero-order valence-electron chi connectivity index (χ0n) is 14.4. The summed E-state index contributed by atoms with van der Waals surface area (Å²) in [6, 6.07) is 11.0. The maximum atomic E-state index is 12.6. The zero-order chi connectivity index (χ0) is 18.5. The highest BCUT2D eigenvalue weighted by molar-refractivity contribution is 6.31. The van der Waals surface area contributed by atoms with Crippen LogP contribution in [0, 0.1) is 11.3 Å². The Morgan fingerprint density at radius 2 is 2.12 bits per heavy atom. The molecule has 1 amide bonds. The number of ether oxygens (including phenoxy) is 1. The molecule has 134 valence electrons. The van der Waals surface area contributed by atoms with E-state index in [1.165, 1.54) is 0 Å². The lowest BCUT2D eigenvalue weighted by atomic mass is 10.2. The summed E-state index contributed by atoms with van der Waals surface area (Å²) in [4.78, 5) is 14.8.